The highest BCUT2D eigenvalue weighted by atomic mass is 32.2. The van der Waals surface area contributed by atoms with Crippen LogP contribution in [0.5, 0.6) is 0 Å². The van der Waals surface area contributed by atoms with E-state index in [1.807, 2.05) is 32.0 Å². The molecule has 2 aromatic carbocycles. The number of nitrogens with one attached hydrogen (secondary N) is 2. The third-order valence-electron chi connectivity index (χ3n) is 3.82. The van der Waals surface area contributed by atoms with Gasteiger partial charge in [0, 0.05) is 0 Å². The predicted molar refractivity (Wildman–Crippen MR) is 98.4 cm³/mol. The van der Waals surface area contributed by atoms with Crippen molar-refractivity contribution in [3.8, 4) is 0 Å². The minimum absolute atomic E-state index is 0.110. The first-order valence-corrected chi connectivity index (χ1v) is 9.09. The van der Waals surface area contributed by atoms with Crippen molar-refractivity contribution in [1.82, 2.24) is 9.82 Å². The van der Waals surface area contributed by atoms with Crippen molar-refractivity contribution in [2.45, 2.75) is 18.7 Å². The molecule has 0 amide bonds. The zero-order valence-corrected chi connectivity index (χ0v) is 14.6. The second-order valence-electron chi connectivity index (χ2n) is 5.76. The van der Waals surface area contributed by atoms with Crippen LogP contribution in [0.2, 0.25) is 0 Å². The Balaban J connectivity index is 1.87. The maximum Gasteiger partial charge on any atom is 0.276 e. The molecule has 6 nitrogen and oxygen atoms in total. The fourth-order valence-corrected chi connectivity index (χ4v) is 3.22. The second-order valence-corrected chi connectivity index (χ2v) is 7.42. The Kier molecular flexibility index (Phi) is 4.41. The molecule has 2 N–H and O–H groups in total. The molecule has 1 aromatic heterocycles. The number of rotatable bonds is 4. The minimum atomic E-state index is -3.77. The predicted octanol–water partition coefficient (Wildman–Crippen LogP) is 2.46. The summed E-state index contributed by atoms with van der Waals surface area (Å²) in [7, 11) is -3.77. The molecule has 1 heterocycles. The van der Waals surface area contributed by atoms with Crippen LogP contribution in [0.25, 0.3) is 10.9 Å². The van der Waals surface area contributed by atoms with E-state index < -0.39 is 10.0 Å². The summed E-state index contributed by atoms with van der Waals surface area (Å²) in [5.74, 6) is 0. The maximum absolute atomic E-state index is 12.2. The van der Waals surface area contributed by atoms with Crippen molar-refractivity contribution in [1.29, 1.82) is 0 Å². The molecule has 0 saturated heterocycles. The standard InChI is InChI=1S/C18H17N3O3S/c1-12-6-8-16(9-7-12)25(23,24)21-19-11-15-10-14-5-3-4-13(2)17(14)20-18(15)22/h3-11,21H,1-2H3,(H,20,22). The molecule has 0 spiro atoms. The normalized spacial score (nSPS) is 11.9. The van der Waals surface area contributed by atoms with Gasteiger partial charge in [0.25, 0.3) is 15.6 Å². The summed E-state index contributed by atoms with van der Waals surface area (Å²) in [6.07, 6.45) is 1.20. The molecule has 0 aliphatic rings. The number of aryl methyl sites for hydroxylation is 2. The van der Waals surface area contributed by atoms with Gasteiger partial charge in [0.05, 0.1) is 22.2 Å². The van der Waals surface area contributed by atoms with Crippen LogP contribution >= 0.6 is 0 Å². The number of nitrogens with zero attached hydrogens (tertiary/aromatic N) is 1. The molecule has 25 heavy (non-hydrogen) atoms. The van der Waals surface area contributed by atoms with E-state index in [1.54, 1.807) is 18.2 Å². The van der Waals surface area contributed by atoms with E-state index >= 15 is 0 Å². The number of fused-ring (bicyclic) bond motifs is 1. The Morgan fingerprint density at radius 1 is 1.08 bits per heavy atom. The summed E-state index contributed by atoms with van der Waals surface area (Å²) in [6, 6.07) is 13.7. The number of aromatic amines is 1. The molecule has 3 aromatic rings. The fraction of sp³-hybridized carbons (Fsp3) is 0.111. The average Bonchev–Trinajstić information content (AvgIpc) is 2.56. The van der Waals surface area contributed by atoms with Crippen LogP contribution in [-0.2, 0) is 10.0 Å². The second kappa shape index (κ2) is 6.52. The first-order chi connectivity index (χ1) is 11.9. The van der Waals surface area contributed by atoms with E-state index in [4.69, 9.17) is 0 Å². The van der Waals surface area contributed by atoms with Crippen LogP contribution in [0.4, 0.5) is 0 Å². The monoisotopic (exact) mass is 355 g/mol. The zero-order chi connectivity index (χ0) is 18.0. The van der Waals surface area contributed by atoms with Gasteiger partial charge in [-0.3, -0.25) is 4.79 Å². The van der Waals surface area contributed by atoms with Crippen molar-refractivity contribution in [3.05, 3.63) is 75.6 Å². The van der Waals surface area contributed by atoms with Gasteiger partial charge in [-0.15, -0.1) is 0 Å². The highest BCUT2D eigenvalue weighted by Crippen LogP contribution is 2.14. The van der Waals surface area contributed by atoms with Gasteiger partial charge in [-0.2, -0.15) is 13.5 Å². The van der Waals surface area contributed by atoms with Gasteiger partial charge in [0.1, 0.15) is 0 Å². The lowest BCUT2D eigenvalue weighted by Gasteiger charge is -2.04. The number of benzene rings is 2. The molecular formula is C18H17N3O3S. The van der Waals surface area contributed by atoms with Crippen molar-refractivity contribution >= 4 is 27.1 Å². The van der Waals surface area contributed by atoms with E-state index in [0.717, 1.165) is 22.0 Å². The molecule has 0 aliphatic carbocycles. The fourth-order valence-electron chi connectivity index (χ4n) is 2.43. The number of H-pyrrole nitrogens is 1. The van der Waals surface area contributed by atoms with Crippen LogP contribution in [-0.4, -0.2) is 19.6 Å². The molecule has 128 valence electrons. The molecule has 0 aliphatic heterocycles. The first-order valence-electron chi connectivity index (χ1n) is 7.61. The molecule has 0 atom stereocenters. The number of hydrogen-bond acceptors (Lipinski definition) is 4. The average molecular weight is 355 g/mol. The number of hydrazone groups is 1. The van der Waals surface area contributed by atoms with E-state index in [9.17, 15) is 13.2 Å². The van der Waals surface area contributed by atoms with Gasteiger partial charge in [-0.25, -0.2) is 4.83 Å². The van der Waals surface area contributed by atoms with E-state index in [1.165, 1.54) is 18.3 Å². The molecule has 0 radical (unpaired) electrons. The Morgan fingerprint density at radius 2 is 1.80 bits per heavy atom. The van der Waals surface area contributed by atoms with Gasteiger partial charge < -0.3 is 4.98 Å². The van der Waals surface area contributed by atoms with Crippen LogP contribution < -0.4 is 10.4 Å². The van der Waals surface area contributed by atoms with E-state index in [0.29, 0.717) is 0 Å². The van der Waals surface area contributed by atoms with Gasteiger partial charge in [0.15, 0.2) is 0 Å². The number of aromatic nitrogens is 1. The quantitative estimate of drug-likeness (QED) is 0.556. The molecule has 7 heteroatoms. The van der Waals surface area contributed by atoms with Crippen LogP contribution in [0.15, 0.2) is 63.3 Å². The topological polar surface area (TPSA) is 91.4 Å². The Bertz CT molecular complexity index is 1110. The summed E-state index contributed by atoms with van der Waals surface area (Å²) in [5, 5.41) is 4.57. The number of hydrogen-bond donors (Lipinski definition) is 2. The molecular weight excluding hydrogens is 338 g/mol. The summed E-state index contributed by atoms with van der Waals surface area (Å²) in [5.41, 5.74) is 2.60. The Morgan fingerprint density at radius 3 is 2.52 bits per heavy atom. The molecule has 0 saturated carbocycles. The maximum atomic E-state index is 12.2. The smallest absolute Gasteiger partial charge is 0.276 e. The van der Waals surface area contributed by atoms with Crippen LogP contribution in [0, 0.1) is 13.8 Å². The van der Waals surface area contributed by atoms with Gasteiger partial charge in [0.2, 0.25) is 0 Å². The highest BCUT2D eigenvalue weighted by Gasteiger charge is 2.12. The highest BCUT2D eigenvalue weighted by molar-refractivity contribution is 7.89. The number of sulfonamides is 1. The van der Waals surface area contributed by atoms with E-state index in [2.05, 4.69) is 14.9 Å². The SMILES string of the molecule is Cc1ccc(S(=O)(=O)NN=Cc2cc3cccc(C)c3[nH]c2=O)cc1. The third-order valence-corrected chi connectivity index (χ3v) is 5.06. The van der Waals surface area contributed by atoms with Gasteiger partial charge in [-0.1, -0.05) is 35.9 Å². The van der Waals surface area contributed by atoms with Crippen molar-refractivity contribution < 1.29 is 8.42 Å². The van der Waals surface area contributed by atoms with Crippen molar-refractivity contribution in [2.24, 2.45) is 5.10 Å². The summed E-state index contributed by atoms with van der Waals surface area (Å²) in [6.45, 7) is 3.78. The molecule has 0 fully saturated rings. The minimum Gasteiger partial charge on any atom is -0.321 e. The van der Waals surface area contributed by atoms with Crippen LogP contribution in [0.1, 0.15) is 16.7 Å². The first kappa shape index (κ1) is 16.9. The lowest BCUT2D eigenvalue weighted by atomic mass is 10.1. The zero-order valence-electron chi connectivity index (χ0n) is 13.8. The Hall–Kier alpha value is -2.93. The van der Waals surface area contributed by atoms with Crippen molar-refractivity contribution in [3.63, 3.8) is 0 Å². The van der Waals surface area contributed by atoms with E-state index in [-0.39, 0.29) is 16.0 Å². The molecule has 3 rings (SSSR count). The van der Waals surface area contributed by atoms with Gasteiger partial charge >= 0.3 is 0 Å². The summed E-state index contributed by atoms with van der Waals surface area (Å²) >= 11 is 0. The summed E-state index contributed by atoms with van der Waals surface area (Å²) < 4.78 is 24.3. The summed E-state index contributed by atoms with van der Waals surface area (Å²) in [4.78, 5) is 17.1. The van der Waals surface area contributed by atoms with Gasteiger partial charge in [-0.05, 0) is 43.0 Å². The molecule has 0 bridgehead atoms. The number of para-hydroxylation sites is 1. The van der Waals surface area contributed by atoms with Crippen LogP contribution in [0.3, 0.4) is 0 Å². The Labute approximate surface area is 145 Å². The largest absolute Gasteiger partial charge is 0.321 e. The third kappa shape index (κ3) is 3.61. The molecule has 0 unspecified atom stereocenters. The lowest BCUT2D eigenvalue weighted by molar-refractivity contribution is 0.584. The lowest BCUT2D eigenvalue weighted by Crippen LogP contribution is -2.19. The number of pyridine rings is 1. The van der Waals surface area contributed by atoms with Crippen molar-refractivity contribution in [2.75, 3.05) is 0 Å².